The van der Waals surface area contributed by atoms with E-state index in [0.717, 1.165) is 37.6 Å². The second-order valence-electron chi connectivity index (χ2n) is 5.30. The van der Waals surface area contributed by atoms with Gasteiger partial charge in [0.05, 0.1) is 0 Å². The molecule has 0 spiro atoms. The predicted octanol–water partition coefficient (Wildman–Crippen LogP) is 2.34. The average molecular weight is 219 g/mol. The molecule has 0 aromatic carbocycles. The van der Waals surface area contributed by atoms with Crippen molar-refractivity contribution < 1.29 is 4.79 Å². The van der Waals surface area contributed by atoms with Crippen LogP contribution < -0.4 is 5.32 Å². The first-order valence-electron chi connectivity index (χ1n) is 6.49. The molecule has 0 aromatic rings. The van der Waals surface area contributed by atoms with Gasteiger partial charge in [0.25, 0.3) is 0 Å². The van der Waals surface area contributed by atoms with Crippen molar-refractivity contribution >= 4 is 5.91 Å². The fourth-order valence-corrected chi connectivity index (χ4v) is 3.36. The van der Waals surface area contributed by atoms with Crippen molar-refractivity contribution in [1.82, 2.24) is 5.32 Å². The lowest BCUT2D eigenvalue weighted by atomic mass is 9.86. The van der Waals surface area contributed by atoms with Crippen LogP contribution in [0.4, 0.5) is 0 Å². The van der Waals surface area contributed by atoms with Gasteiger partial charge in [-0.3, -0.25) is 4.79 Å². The summed E-state index contributed by atoms with van der Waals surface area (Å²) in [6, 6.07) is 0. The Morgan fingerprint density at radius 2 is 2.25 bits per heavy atom. The van der Waals surface area contributed by atoms with Crippen molar-refractivity contribution in [3.63, 3.8) is 0 Å². The van der Waals surface area contributed by atoms with Gasteiger partial charge >= 0.3 is 0 Å². The zero-order chi connectivity index (χ0) is 11.4. The molecule has 3 unspecified atom stereocenters. The molecule has 3 atom stereocenters. The van der Waals surface area contributed by atoms with Crippen LogP contribution >= 0.6 is 0 Å². The van der Waals surface area contributed by atoms with Gasteiger partial charge in [-0.05, 0) is 43.4 Å². The standard InChI is InChI=1S/C14H21NO/c1-2-3-4-7-15-14(16)10-13-9-11-5-6-12(13)8-11/h1,11-13H,3-10H2,(H,15,16). The highest BCUT2D eigenvalue weighted by molar-refractivity contribution is 5.76. The summed E-state index contributed by atoms with van der Waals surface area (Å²) in [5.41, 5.74) is 0. The highest BCUT2D eigenvalue weighted by Gasteiger charge is 2.39. The number of unbranched alkanes of at least 4 members (excludes halogenated alkanes) is 1. The van der Waals surface area contributed by atoms with E-state index in [-0.39, 0.29) is 5.91 Å². The van der Waals surface area contributed by atoms with Gasteiger partial charge in [-0.1, -0.05) is 6.42 Å². The Bertz CT molecular complexity index is 292. The molecule has 2 fully saturated rings. The highest BCUT2D eigenvalue weighted by Crippen LogP contribution is 2.49. The molecule has 0 aromatic heterocycles. The van der Waals surface area contributed by atoms with Crippen molar-refractivity contribution in [3.8, 4) is 12.3 Å². The Balaban J connectivity index is 1.62. The lowest BCUT2D eigenvalue weighted by molar-refractivity contribution is -0.122. The molecule has 2 aliphatic rings. The molecule has 2 heteroatoms. The van der Waals surface area contributed by atoms with Crippen LogP contribution in [0.2, 0.25) is 0 Å². The second kappa shape index (κ2) is 5.39. The van der Waals surface area contributed by atoms with Gasteiger partial charge in [0.1, 0.15) is 0 Å². The van der Waals surface area contributed by atoms with Crippen LogP contribution in [0.15, 0.2) is 0 Å². The third-order valence-electron chi connectivity index (χ3n) is 4.15. The van der Waals surface area contributed by atoms with Crippen molar-refractivity contribution in [2.75, 3.05) is 6.54 Å². The minimum atomic E-state index is 0.231. The van der Waals surface area contributed by atoms with E-state index in [1.165, 1.54) is 25.7 Å². The summed E-state index contributed by atoms with van der Waals surface area (Å²) in [7, 11) is 0. The number of carbonyl (C=O) groups is 1. The Morgan fingerprint density at radius 3 is 2.88 bits per heavy atom. The molecule has 2 bridgehead atoms. The van der Waals surface area contributed by atoms with E-state index in [9.17, 15) is 4.79 Å². The Hall–Kier alpha value is -0.970. The molecular formula is C14H21NO. The summed E-state index contributed by atoms with van der Waals surface area (Å²) in [4.78, 5) is 11.7. The first-order valence-corrected chi connectivity index (χ1v) is 6.49. The molecule has 0 heterocycles. The summed E-state index contributed by atoms with van der Waals surface area (Å²) in [5.74, 6) is 5.27. The number of rotatable bonds is 5. The predicted molar refractivity (Wildman–Crippen MR) is 64.6 cm³/mol. The normalized spacial score (nSPS) is 31.3. The molecule has 2 saturated carbocycles. The molecule has 1 amide bonds. The Labute approximate surface area is 98.2 Å². The molecule has 0 saturated heterocycles. The first kappa shape index (κ1) is 11.5. The minimum Gasteiger partial charge on any atom is -0.356 e. The Morgan fingerprint density at radius 1 is 1.38 bits per heavy atom. The van der Waals surface area contributed by atoms with Gasteiger partial charge in [0, 0.05) is 19.4 Å². The highest BCUT2D eigenvalue weighted by atomic mass is 16.1. The van der Waals surface area contributed by atoms with E-state index < -0.39 is 0 Å². The summed E-state index contributed by atoms with van der Waals surface area (Å²) in [5, 5.41) is 2.97. The van der Waals surface area contributed by atoms with Crippen molar-refractivity contribution in [2.24, 2.45) is 17.8 Å². The van der Waals surface area contributed by atoms with Crippen LogP contribution in [0.1, 0.15) is 44.9 Å². The van der Waals surface area contributed by atoms with Gasteiger partial charge < -0.3 is 5.32 Å². The van der Waals surface area contributed by atoms with Crippen LogP contribution in [-0.2, 0) is 4.79 Å². The summed E-state index contributed by atoms with van der Waals surface area (Å²) in [6.07, 6.45) is 13.0. The molecule has 16 heavy (non-hydrogen) atoms. The maximum absolute atomic E-state index is 11.7. The zero-order valence-electron chi connectivity index (χ0n) is 9.87. The summed E-state index contributed by atoms with van der Waals surface area (Å²) >= 11 is 0. The third-order valence-corrected chi connectivity index (χ3v) is 4.15. The Kier molecular flexibility index (Phi) is 3.88. The van der Waals surface area contributed by atoms with Crippen molar-refractivity contribution in [3.05, 3.63) is 0 Å². The number of hydrogen-bond acceptors (Lipinski definition) is 1. The smallest absolute Gasteiger partial charge is 0.220 e. The molecule has 0 radical (unpaired) electrons. The maximum atomic E-state index is 11.7. The van der Waals surface area contributed by atoms with Gasteiger partial charge in [-0.15, -0.1) is 12.3 Å². The zero-order valence-corrected chi connectivity index (χ0v) is 9.87. The number of amides is 1. The topological polar surface area (TPSA) is 29.1 Å². The fraction of sp³-hybridized carbons (Fsp3) is 0.786. The van der Waals surface area contributed by atoms with E-state index in [2.05, 4.69) is 11.2 Å². The van der Waals surface area contributed by atoms with E-state index in [1.807, 2.05) is 0 Å². The van der Waals surface area contributed by atoms with E-state index in [0.29, 0.717) is 5.92 Å². The lowest BCUT2D eigenvalue weighted by Crippen LogP contribution is -2.28. The van der Waals surface area contributed by atoms with Gasteiger partial charge in [0.2, 0.25) is 5.91 Å². The van der Waals surface area contributed by atoms with Gasteiger partial charge in [0.15, 0.2) is 0 Å². The number of nitrogens with one attached hydrogen (secondary N) is 1. The number of terminal acetylenes is 1. The monoisotopic (exact) mass is 219 g/mol. The van der Waals surface area contributed by atoms with Crippen LogP contribution in [-0.4, -0.2) is 12.5 Å². The number of hydrogen-bond donors (Lipinski definition) is 1. The van der Waals surface area contributed by atoms with Crippen LogP contribution in [0.25, 0.3) is 0 Å². The molecule has 1 N–H and O–H groups in total. The van der Waals surface area contributed by atoms with Crippen LogP contribution in [0, 0.1) is 30.1 Å². The van der Waals surface area contributed by atoms with Gasteiger partial charge in [-0.25, -0.2) is 0 Å². The second-order valence-corrected chi connectivity index (χ2v) is 5.30. The molecule has 2 nitrogen and oxygen atoms in total. The fourth-order valence-electron chi connectivity index (χ4n) is 3.36. The van der Waals surface area contributed by atoms with E-state index >= 15 is 0 Å². The largest absolute Gasteiger partial charge is 0.356 e. The molecule has 0 aliphatic heterocycles. The van der Waals surface area contributed by atoms with Crippen molar-refractivity contribution in [1.29, 1.82) is 0 Å². The lowest BCUT2D eigenvalue weighted by Gasteiger charge is -2.20. The molecule has 2 aliphatic carbocycles. The van der Waals surface area contributed by atoms with E-state index in [1.54, 1.807) is 0 Å². The maximum Gasteiger partial charge on any atom is 0.220 e. The van der Waals surface area contributed by atoms with Crippen molar-refractivity contribution in [2.45, 2.75) is 44.9 Å². The molecular weight excluding hydrogens is 198 g/mol. The van der Waals surface area contributed by atoms with E-state index in [4.69, 9.17) is 6.42 Å². The molecule has 88 valence electrons. The van der Waals surface area contributed by atoms with Crippen LogP contribution in [0.3, 0.4) is 0 Å². The number of fused-ring (bicyclic) bond motifs is 2. The summed E-state index contributed by atoms with van der Waals surface area (Å²) in [6.45, 7) is 0.740. The SMILES string of the molecule is C#CCCCNC(=O)CC1CC2CCC1C2. The molecule has 2 rings (SSSR count). The van der Waals surface area contributed by atoms with Gasteiger partial charge in [-0.2, -0.15) is 0 Å². The average Bonchev–Trinajstić information content (AvgIpc) is 2.86. The number of carbonyl (C=O) groups excluding carboxylic acids is 1. The minimum absolute atomic E-state index is 0.231. The first-order chi connectivity index (χ1) is 7.79. The summed E-state index contributed by atoms with van der Waals surface area (Å²) < 4.78 is 0. The quantitative estimate of drug-likeness (QED) is 0.558. The van der Waals surface area contributed by atoms with Crippen LogP contribution in [0.5, 0.6) is 0 Å². The third kappa shape index (κ3) is 2.78.